The van der Waals surface area contributed by atoms with Gasteiger partial charge < -0.3 is 0 Å². The van der Waals surface area contributed by atoms with E-state index in [-0.39, 0.29) is 11.7 Å². The second-order valence-electron chi connectivity index (χ2n) is 5.03. The number of carbonyl (C=O) groups excluding carboxylic acids is 1. The van der Waals surface area contributed by atoms with Crippen LogP contribution in [0.3, 0.4) is 0 Å². The summed E-state index contributed by atoms with van der Waals surface area (Å²) >= 11 is 2.06. The van der Waals surface area contributed by atoms with Gasteiger partial charge in [-0.15, -0.1) is 0 Å². The van der Waals surface area contributed by atoms with Crippen LogP contribution in [0.25, 0.3) is 0 Å². The molecule has 3 nitrogen and oxygen atoms in total. The number of rotatable bonds is 2. The molecule has 0 aromatic carbocycles. The largest absolute Gasteiger partial charge is 0.292 e. The molecule has 0 N–H and O–H groups in total. The van der Waals surface area contributed by atoms with Gasteiger partial charge in [0.1, 0.15) is 11.8 Å². The average Bonchev–Trinajstić information content (AvgIpc) is 2.77. The number of pyridine rings is 1. The molecule has 1 aromatic heterocycles. The fourth-order valence-corrected chi connectivity index (χ4v) is 4.66. The molecule has 4 heteroatoms. The van der Waals surface area contributed by atoms with E-state index in [9.17, 15) is 4.79 Å². The van der Waals surface area contributed by atoms with Crippen LogP contribution in [0.5, 0.6) is 0 Å². The van der Waals surface area contributed by atoms with Gasteiger partial charge in [0.25, 0.3) is 0 Å². The number of hydrogen-bond acceptors (Lipinski definition) is 4. The number of ketones is 1. The monoisotopic (exact) mass is 258 g/mol. The summed E-state index contributed by atoms with van der Waals surface area (Å²) in [6, 6.07) is 5.38. The first-order valence-corrected chi connectivity index (χ1v) is 7.26. The first-order valence-electron chi connectivity index (χ1n) is 6.32. The zero-order valence-electron chi connectivity index (χ0n) is 10.0. The van der Waals surface area contributed by atoms with Crippen molar-refractivity contribution in [1.82, 2.24) is 4.98 Å². The standard InChI is InChI=1S/C14H14N2OS/c15-7-9-1-4-13(16-8-9)14(17)10-5-11-2-3-12(6-10)18-11/h1,4,8,10-12H,2-3,5-6H2. The normalized spacial score (nSPS) is 29.8. The number of hydrogen-bond donors (Lipinski definition) is 0. The fourth-order valence-electron chi connectivity index (χ4n) is 2.89. The van der Waals surface area contributed by atoms with Crippen LogP contribution in [0.4, 0.5) is 0 Å². The molecule has 2 bridgehead atoms. The Labute approximate surface area is 111 Å². The molecule has 2 saturated heterocycles. The number of fused-ring (bicyclic) bond motifs is 2. The van der Waals surface area contributed by atoms with Gasteiger partial charge in [-0.05, 0) is 37.8 Å². The summed E-state index contributed by atoms with van der Waals surface area (Å²) in [6.45, 7) is 0. The third-order valence-corrected chi connectivity index (χ3v) is 5.43. The first-order chi connectivity index (χ1) is 8.76. The van der Waals surface area contributed by atoms with E-state index >= 15 is 0 Å². The van der Waals surface area contributed by atoms with Crippen molar-refractivity contribution in [3.63, 3.8) is 0 Å². The van der Waals surface area contributed by atoms with E-state index in [4.69, 9.17) is 5.26 Å². The molecule has 1 aromatic rings. The van der Waals surface area contributed by atoms with Crippen molar-refractivity contribution < 1.29 is 4.79 Å². The van der Waals surface area contributed by atoms with Crippen LogP contribution in [0.15, 0.2) is 18.3 Å². The van der Waals surface area contributed by atoms with E-state index < -0.39 is 0 Å². The number of nitriles is 1. The molecule has 2 atom stereocenters. The lowest BCUT2D eigenvalue weighted by atomic mass is 9.92. The van der Waals surface area contributed by atoms with Gasteiger partial charge >= 0.3 is 0 Å². The molecule has 0 spiro atoms. The molecule has 0 aliphatic carbocycles. The molecule has 92 valence electrons. The summed E-state index contributed by atoms with van der Waals surface area (Å²) in [7, 11) is 0. The molecule has 18 heavy (non-hydrogen) atoms. The third kappa shape index (κ3) is 2.15. The minimum atomic E-state index is 0.143. The van der Waals surface area contributed by atoms with Crippen molar-refractivity contribution in [2.24, 2.45) is 5.92 Å². The Hall–Kier alpha value is -1.34. The topological polar surface area (TPSA) is 53.8 Å². The van der Waals surface area contributed by atoms with Crippen molar-refractivity contribution in [1.29, 1.82) is 5.26 Å². The predicted octanol–water partition coefficient (Wildman–Crippen LogP) is 2.81. The molecule has 3 heterocycles. The van der Waals surface area contributed by atoms with Gasteiger partial charge in [0, 0.05) is 22.6 Å². The smallest absolute Gasteiger partial charge is 0.184 e. The lowest BCUT2D eigenvalue weighted by Crippen LogP contribution is -2.25. The van der Waals surface area contributed by atoms with E-state index in [1.54, 1.807) is 12.1 Å². The summed E-state index contributed by atoms with van der Waals surface area (Å²) in [5, 5.41) is 10.1. The van der Waals surface area contributed by atoms with Crippen molar-refractivity contribution >= 4 is 17.5 Å². The third-order valence-electron chi connectivity index (χ3n) is 3.81. The molecular formula is C14H14N2OS. The average molecular weight is 258 g/mol. The fraction of sp³-hybridized carbons (Fsp3) is 0.500. The van der Waals surface area contributed by atoms with Crippen LogP contribution in [0, 0.1) is 17.2 Å². The maximum Gasteiger partial charge on any atom is 0.184 e. The summed E-state index contributed by atoms with van der Waals surface area (Å²) in [6.07, 6.45) is 6.02. The number of carbonyl (C=O) groups is 1. The molecule has 2 aliphatic rings. The molecule has 2 fully saturated rings. The van der Waals surface area contributed by atoms with E-state index in [0.717, 1.165) is 12.8 Å². The highest BCUT2D eigenvalue weighted by Crippen LogP contribution is 2.46. The Kier molecular flexibility index (Phi) is 3.09. The quantitative estimate of drug-likeness (QED) is 0.765. The summed E-state index contributed by atoms with van der Waals surface area (Å²) < 4.78 is 0. The molecule has 0 radical (unpaired) electrons. The van der Waals surface area contributed by atoms with Crippen molar-refractivity contribution in [3.8, 4) is 6.07 Å². The van der Waals surface area contributed by atoms with Crippen LogP contribution in [0.1, 0.15) is 41.7 Å². The maximum atomic E-state index is 12.4. The molecule has 0 amide bonds. The highest BCUT2D eigenvalue weighted by molar-refractivity contribution is 8.00. The highest BCUT2D eigenvalue weighted by atomic mass is 32.2. The molecule has 2 aliphatic heterocycles. The van der Waals surface area contributed by atoms with Gasteiger partial charge in [-0.2, -0.15) is 17.0 Å². The second kappa shape index (κ2) is 4.74. The van der Waals surface area contributed by atoms with Gasteiger partial charge in [0.15, 0.2) is 5.78 Å². The van der Waals surface area contributed by atoms with Crippen molar-refractivity contribution in [2.75, 3.05) is 0 Å². The molecule has 0 saturated carbocycles. The number of thioether (sulfide) groups is 1. The number of nitrogens with zero attached hydrogens (tertiary/aromatic N) is 2. The van der Waals surface area contributed by atoms with E-state index in [2.05, 4.69) is 16.7 Å². The van der Waals surface area contributed by atoms with Crippen LogP contribution < -0.4 is 0 Å². The van der Waals surface area contributed by atoms with E-state index in [1.807, 2.05) is 6.07 Å². The SMILES string of the molecule is N#Cc1ccc(C(=O)C2CC3CCC(C2)S3)nc1. The van der Waals surface area contributed by atoms with Crippen LogP contribution in [-0.4, -0.2) is 21.3 Å². The van der Waals surface area contributed by atoms with Gasteiger partial charge in [0.05, 0.1) is 5.56 Å². The van der Waals surface area contributed by atoms with Gasteiger partial charge in [-0.3, -0.25) is 9.78 Å². The first kappa shape index (κ1) is 11.7. The number of aromatic nitrogens is 1. The summed E-state index contributed by atoms with van der Waals surface area (Å²) in [5.74, 6) is 0.306. The Morgan fingerprint density at radius 1 is 1.33 bits per heavy atom. The predicted molar refractivity (Wildman–Crippen MR) is 70.4 cm³/mol. The molecule has 2 unspecified atom stereocenters. The Balaban J connectivity index is 1.76. The summed E-state index contributed by atoms with van der Waals surface area (Å²) in [5.41, 5.74) is 1.02. The highest BCUT2D eigenvalue weighted by Gasteiger charge is 2.38. The van der Waals surface area contributed by atoms with Gasteiger partial charge in [-0.1, -0.05) is 0 Å². The molecular weight excluding hydrogens is 244 g/mol. The number of Topliss-reactive ketones (excluding diaryl/α,β-unsaturated/α-hetero) is 1. The van der Waals surface area contributed by atoms with Crippen molar-refractivity contribution in [3.05, 3.63) is 29.6 Å². The Morgan fingerprint density at radius 2 is 2.06 bits per heavy atom. The van der Waals surface area contributed by atoms with Gasteiger partial charge in [0.2, 0.25) is 0 Å². The zero-order chi connectivity index (χ0) is 12.5. The second-order valence-corrected chi connectivity index (χ2v) is 6.64. The lowest BCUT2D eigenvalue weighted by molar-refractivity contribution is 0.0901. The summed E-state index contributed by atoms with van der Waals surface area (Å²) in [4.78, 5) is 16.5. The molecule has 3 rings (SSSR count). The minimum absolute atomic E-state index is 0.143. The van der Waals surface area contributed by atoms with Crippen LogP contribution in [0.2, 0.25) is 0 Å². The van der Waals surface area contributed by atoms with E-state index in [1.165, 1.54) is 19.0 Å². The minimum Gasteiger partial charge on any atom is -0.292 e. The zero-order valence-corrected chi connectivity index (χ0v) is 10.8. The van der Waals surface area contributed by atoms with Crippen molar-refractivity contribution in [2.45, 2.75) is 36.2 Å². The maximum absolute atomic E-state index is 12.4. The van der Waals surface area contributed by atoms with Crippen LogP contribution >= 0.6 is 11.8 Å². The van der Waals surface area contributed by atoms with E-state index in [0.29, 0.717) is 21.8 Å². The lowest BCUT2D eigenvalue weighted by Gasteiger charge is -2.25. The van der Waals surface area contributed by atoms with Gasteiger partial charge in [-0.25, -0.2) is 0 Å². The Bertz CT molecular complexity index is 494. The Morgan fingerprint density at radius 3 is 2.61 bits per heavy atom. The van der Waals surface area contributed by atoms with Crippen LogP contribution in [-0.2, 0) is 0 Å².